The number of methoxy groups -OCH3 is 1. The van der Waals surface area contributed by atoms with Crippen LogP contribution < -0.4 is 5.32 Å². The number of carboxylic acids is 1. The molecule has 0 aliphatic heterocycles. The minimum atomic E-state index is -1.51. The number of carboxylic acid groups (broad SMARTS) is 1. The molecule has 1 aromatic rings. The third-order valence-electron chi connectivity index (χ3n) is 2.47. The Balaban J connectivity index is 3.00. The van der Waals surface area contributed by atoms with Crippen LogP contribution in [0.1, 0.15) is 17.3 Å². The highest BCUT2D eigenvalue weighted by atomic mass is 79.9. The van der Waals surface area contributed by atoms with Gasteiger partial charge in [0.2, 0.25) is 0 Å². The first-order valence-electron chi connectivity index (χ1n) is 5.30. The van der Waals surface area contributed by atoms with Crippen molar-refractivity contribution in [2.24, 2.45) is 0 Å². The summed E-state index contributed by atoms with van der Waals surface area (Å²) >= 11 is 9.03. The van der Waals surface area contributed by atoms with E-state index in [2.05, 4.69) is 21.2 Å². The topological polar surface area (TPSA) is 75.6 Å². The summed E-state index contributed by atoms with van der Waals surface area (Å²) in [6, 6.07) is 4.69. The Kier molecular flexibility index (Phi) is 5.34. The molecule has 1 atom stereocenters. The van der Waals surface area contributed by atoms with E-state index in [1.54, 1.807) is 12.1 Å². The molecule has 0 aromatic heterocycles. The summed E-state index contributed by atoms with van der Waals surface area (Å²) in [4.78, 5) is 23.3. The minimum absolute atomic E-state index is 0.147. The summed E-state index contributed by atoms with van der Waals surface area (Å²) < 4.78 is 5.35. The molecule has 104 valence electrons. The van der Waals surface area contributed by atoms with E-state index in [1.165, 1.54) is 20.1 Å². The molecule has 1 amide bonds. The summed E-state index contributed by atoms with van der Waals surface area (Å²) in [5.41, 5.74) is -1.25. The Morgan fingerprint density at radius 1 is 1.53 bits per heavy atom. The number of halogens is 2. The van der Waals surface area contributed by atoms with Crippen molar-refractivity contribution < 1.29 is 19.4 Å². The molecule has 7 heteroatoms. The van der Waals surface area contributed by atoms with Crippen LogP contribution in [0.3, 0.4) is 0 Å². The van der Waals surface area contributed by atoms with Gasteiger partial charge in [0.05, 0.1) is 12.2 Å². The number of aliphatic carboxylic acids is 1. The Morgan fingerprint density at radius 3 is 2.68 bits per heavy atom. The van der Waals surface area contributed by atoms with Crippen LogP contribution >= 0.6 is 27.5 Å². The molecular formula is C12H13BrClNO4. The van der Waals surface area contributed by atoms with Crippen LogP contribution in [-0.2, 0) is 9.53 Å². The molecule has 0 heterocycles. The molecule has 2 N–H and O–H groups in total. The highest BCUT2D eigenvalue weighted by Crippen LogP contribution is 2.21. The molecule has 1 rings (SSSR count). The molecule has 0 bridgehead atoms. The first-order valence-corrected chi connectivity index (χ1v) is 6.47. The van der Waals surface area contributed by atoms with E-state index in [-0.39, 0.29) is 12.2 Å². The van der Waals surface area contributed by atoms with E-state index in [1.807, 2.05) is 0 Å². The largest absolute Gasteiger partial charge is 0.479 e. The minimum Gasteiger partial charge on any atom is -0.479 e. The van der Waals surface area contributed by atoms with Gasteiger partial charge in [-0.1, -0.05) is 11.6 Å². The van der Waals surface area contributed by atoms with E-state index < -0.39 is 17.4 Å². The number of rotatable bonds is 5. The molecule has 0 radical (unpaired) electrons. The van der Waals surface area contributed by atoms with Crippen LogP contribution in [0.2, 0.25) is 5.02 Å². The van der Waals surface area contributed by atoms with Crippen molar-refractivity contribution in [3.8, 4) is 0 Å². The van der Waals surface area contributed by atoms with Crippen molar-refractivity contribution in [3.05, 3.63) is 33.3 Å². The number of benzene rings is 1. The number of carbonyl (C=O) groups excluding carboxylic acids is 1. The van der Waals surface area contributed by atoms with Gasteiger partial charge in [-0.2, -0.15) is 0 Å². The molecule has 0 spiro atoms. The van der Waals surface area contributed by atoms with Gasteiger partial charge in [-0.15, -0.1) is 0 Å². The van der Waals surface area contributed by atoms with Gasteiger partial charge in [0.25, 0.3) is 5.91 Å². The zero-order valence-electron chi connectivity index (χ0n) is 10.4. The maximum Gasteiger partial charge on any atom is 0.331 e. The zero-order chi connectivity index (χ0) is 14.6. The second kappa shape index (κ2) is 6.36. The van der Waals surface area contributed by atoms with Gasteiger partial charge in [-0.3, -0.25) is 4.79 Å². The van der Waals surface area contributed by atoms with E-state index in [0.717, 1.165) is 0 Å². The fraction of sp³-hybridized carbons (Fsp3) is 0.333. The molecule has 1 aromatic carbocycles. The third kappa shape index (κ3) is 3.92. The average molecular weight is 351 g/mol. The summed E-state index contributed by atoms with van der Waals surface area (Å²) in [6.45, 7) is 1.22. The van der Waals surface area contributed by atoms with E-state index >= 15 is 0 Å². The molecule has 0 aliphatic rings. The second-order valence-corrected chi connectivity index (χ2v) is 5.44. The summed E-state index contributed by atoms with van der Waals surface area (Å²) in [6.07, 6.45) is 0. The average Bonchev–Trinajstić information content (AvgIpc) is 2.32. The Bertz CT molecular complexity index is 509. The Morgan fingerprint density at radius 2 is 2.16 bits per heavy atom. The standard InChI is InChI=1S/C12H13BrClNO4/c1-12(6-19-2,11(17)18)15-10(16)8-5-7(14)3-4-9(8)13/h3-5H,6H2,1-2H3,(H,15,16)(H,17,18). The van der Waals surface area contributed by atoms with Crippen molar-refractivity contribution >= 4 is 39.4 Å². The van der Waals surface area contributed by atoms with Crippen LogP contribution in [0, 0.1) is 0 Å². The molecule has 1 unspecified atom stereocenters. The quantitative estimate of drug-likeness (QED) is 0.854. The van der Waals surface area contributed by atoms with Crippen LogP contribution in [0.15, 0.2) is 22.7 Å². The van der Waals surface area contributed by atoms with E-state index in [9.17, 15) is 9.59 Å². The SMILES string of the molecule is COCC(C)(NC(=O)c1cc(Cl)ccc1Br)C(=O)O. The number of ether oxygens (including phenoxy) is 1. The Labute approximate surface area is 124 Å². The predicted octanol–water partition coefficient (Wildman–Crippen LogP) is 2.32. The van der Waals surface area contributed by atoms with Gasteiger partial charge in [-0.05, 0) is 41.1 Å². The summed E-state index contributed by atoms with van der Waals surface area (Å²) in [5, 5.41) is 12.0. The fourth-order valence-corrected chi connectivity index (χ4v) is 2.03. The van der Waals surface area contributed by atoms with Gasteiger partial charge in [-0.25, -0.2) is 4.79 Å². The lowest BCUT2D eigenvalue weighted by Gasteiger charge is -2.25. The zero-order valence-corrected chi connectivity index (χ0v) is 12.7. The van der Waals surface area contributed by atoms with E-state index in [0.29, 0.717) is 9.50 Å². The van der Waals surface area contributed by atoms with Crippen LogP contribution in [0.5, 0.6) is 0 Å². The summed E-state index contributed by atoms with van der Waals surface area (Å²) in [5.74, 6) is -1.72. The fourth-order valence-electron chi connectivity index (χ4n) is 1.43. The van der Waals surface area contributed by atoms with Crippen LogP contribution in [-0.4, -0.2) is 36.2 Å². The van der Waals surface area contributed by atoms with Crippen molar-refractivity contribution in [3.63, 3.8) is 0 Å². The Hall–Kier alpha value is -1.11. The molecule has 0 aliphatic carbocycles. The first-order chi connectivity index (χ1) is 8.80. The number of nitrogens with one attached hydrogen (secondary N) is 1. The van der Waals surface area contributed by atoms with Gasteiger partial charge >= 0.3 is 5.97 Å². The number of hydrogen-bond acceptors (Lipinski definition) is 3. The van der Waals surface area contributed by atoms with Crippen LogP contribution in [0.25, 0.3) is 0 Å². The molecule has 0 fully saturated rings. The molecule has 0 saturated heterocycles. The van der Waals surface area contributed by atoms with Crippen molar-refractivity contribution in [1.29, 1.82) is 0 Å². The highest BCUT2D eigenvalue weighted by molar-refractivity contribution is 9.10. The van der Waals surface area contributed by atoms with Gasteiger partial charge in [0, 0.05) is 16.6 Å². The van der Waals surface area contributed by atoms with Gasteiger partial charge in [0.15, 0.2) is 5.54 Å². The first kappa shape index (κ1) is 15.9. The predicted molar refractivity (Wildman–Crippen MR) is 74.5 cm³/mol. The smallest absolute Gasteiger partial charge is 0.331 e. The van der Waals surface area contributed by atoms with Crippen molar-refractivity contribution in [1.82, 2.24) is 5.32 Å². The maximum absolute atomic E-state index is 12.1. The lowest BCUT2D eigenvalue weighted by Crippen LogP contribution is -2.55. The van der Waals surface area contributed by atoms with Crippen molar-refractivity contribution in [2.75, 3.05) is 13.7 Å². The van der Waals surface area contributed by atoms with Crippen molar-refractivity contribution in [2.45, 2.75) is 12.5 Å². The monoisotopic (exact) mass is 349 g/mol. The normalized spacial score (nSPS) is 13.7. The number of hydrogen-bond donors (Lipinski definition) is 2. The molecule has 0 saturated carbocycles. The van der Waals surface area contributed by atoms with E-state index in [4.69, 9.17) is 21.4 Å². The highest BCUT2D eigenvalue weighted by Gasteiger charge is 2.35. The van der Waals surface area contributed by atoms with Gasteiger partial charge in [0.1, 0.15) is 0 Å². The van der Waals surface area contributed by atoms with Gasteiger partial charge < -0.3 is 15.2 Å². The molecule has 19 heavy (non-hydrogen) atoms. The second-order valence-electron chi connectivity index (χ2n) is 4.15. The lowest BCUT2D eigenvalue weighted by atomic mass is 10.0. The third-order valence-corrected chi connectivity index (χ3v) is 3.39. The number of carbonyl (C=O) groups is 2. The summed E-state index contributed by atoms with van der Waals surface area (Å²) in [7, 11) is 1.36. The molecular weight excluding hydrogens is 337 g/mol. The van der Waals surface area contributed by atoms with Crippen LogP contribution in [0.4, 0.5) is 0 Å². The molecule has 5 nitrogen and oxygen atoms in total. The maximum atomic E-state index is 12.1. The number of amides is 1. The lowest BCUT2D eigenvalue weighted by molar-refractivity contribution is -0.145.